The number of pyridine rings is 1. The van der Waals surface area contributed by atoms with Crippen molar-refractivity contribution in [2.45, 2.75) is 32.0 Å². The molecule has 0 spiro atoms. The molecule has 9 nitrogen and oxygen atoms in total. The molecule has 3 heterocycles. The summed E-state index contributed by atoms with van der Waals surface area (Å²) < 4.78 is 13.2. The molecular weight excluding hydrogens is 444 g/mol. The molecule has 10 heteroatoms. The monoisotopic (exact) mass is 472 g/mol. The molecular formula is C23H29ClN6O3. The van der Waals surface area contributed by atoms with Crippen molar-refractivity contribution in [3.8, 4) is 0 Å². The van der Waals surface area contributed by atoms with Gasteiger partial charge in [-0.1, -0.05) is 41.9 Å². The van der Waals surface area contributed by atoms with E-state index in [0.717, 1.165) is 24.3 Å². The number of nitrogens with zero attached hydrogens (tertiary/aromatic N) is 4. The number of benzene rings is 1. The van der Waals surface area contributed by atoms with Gasteiger partial charge in [0.25, 0.3) is 0 Å². The van der Waals surface area contributed by atoms with Crippen molar-refractivity contribution in [1.82, 2.24) is 19.9 Å². The average Bonchev–Trinajstić information content (AvgIpc) is 3.22. The Morgan fingerprint density at radius 1 is 1.27 bits per heavy atom. The average molecular weight is 473 g/mol. The van der Waals surface area contributed by atoms with Crippen LogP contribution in [0.15, 0.2) is 42.6 Å². The molecule has 0 aliphatic carbocycles. The molecule has 1 atom stereocenters. The number of aromatic nitrogens is 3. The van der Waals surface area contributed by atoms with Crippen molar-refractivity contribution < 1.29 is 14.3 Å². The molecule has 1 saturated heterocycles. The lowest BCUT2D eigenvalue weighted by molar-refractivity contribution is -0.126. The van der Waals surface area contributed by atoms with Crippen LogP contribution in [-0.2, 0) is 20.9 Å². The molecule has 2 aromatic heterocycles. The standard InChI is InChI=1S/C23H29ClN6O3/c1-23(2,25)22(31)26-18(15-33-14-16-6-4-3-5-7-16)20-27-28-21-19(12-17(24)13-30(20)21)29-8-10-32-11-9-29/h3-7,12-13,18H,8-11,14-15,25H2,1-2H3,(H,26,31)/t18-/m1/s1. The van der Waals surface area contributed by atoms with Crippen LogP contribution in [0.25, 0.3) is 5.65 Å². The van der Waals surface area contributed by atoms with Crippen LogP contribution in [0.1, 0.15) is 31.3 Å². The van der Waals surface area contributed by atoms with Crippen LogP contribution in [0.2, 0.25) is 5.02 Å². The molecule has 3 aromatic rings. The molecule has 0 bridgehead atoms. The lowest BCUT2D eigenvalue weighted by atomic mass is 10.1. The summed E-state index contributed by atoms with van der Waals surface area (Å²) in [6.45, 7) is 6.64. The van der Waals surface area contributed by atoms with Crippen LogP contribution in [0, 0.1) is 0 Å². The molecule has 176 valence electrons. The number of carbonyl (C=O) groups excluding carboxylic acids is 1. The molecule has 1 fully saturated rings. The van der Waals surface area contributed by atoms with Crippen LogP contribution in [0.3, 0.4) is 0 Å². The highest BCUT2D eigenvalue weighted by atomic mass is 35.5. The first-order valence-corrected chi connectivity index (χ1v) is 11.3. The SMILES string of the molecule is CC(C)(N)C(=O)N[C@H](COCc1ccccc1)c1nnc2c(N3CCOCC3)cc(Cl)cn12. The van der Waals surface area contributed by atoms with Gasteiger partial charge in [0.15, 0.2) is 11.5 Å². The van der Waals surface area contributed by atoms with E-state index in [-0.39, 0.29) is 12.5 Å². The first-order valence-electron chi connectivity index (χ1n) is 10.9. The molecule has 1 aromatic carbocycles. The van der Waals surface area contributed by atoms with Gasteiger partial charge in [-0.25, -0.2) is 0 Å². The van der Waals surface area contributed by atoms with E-state index in [0.29, 0.717) is 36.3 Å². The topological polar surface area (TPSA) is 107 Å². The normalized spacial score (nSPS) is 15.6. The van der Waals surface area contributed by atoms with Gasteiger partial charge in [-0.15, -0.1) is 10.2 Å². The summed E-state index contributed by atoms with van der Waals surface area (Å²) in [4.78, 5) is 14.9. The zero-order valence-corrected chi connectivity index (χ0v) is 19.6. The van der Waals surface area contributed by atoms with Crippen LogP contribution in [0.5, 0.6) is 0 Å². The van der Waals surface area contributed by atoms with E-state index in [2.05, 4.69) is 20.4 Å². The van der Waals surface area contributed by atoms with Crippen LogP contribution in [-0.4, -0.2) is 59.0 Å². The number of carbonyl (C=O) groups is 1. The fourth-order valence-corrected chi connectivity index (χ4v) is 3.83. The molecule has 1 aliphatic rings. The Morgan fingerprint density at radius 2 is 2.00 bits per heavy atom. The van der Waals surface area contributed by atoms with E-state index in [9.17, 15) is 4.79 Å². The zero-order valence-electron chi connectivity index (χ0n) is 18.8. The van der Waals surface area contributed by atoms with Crippen molar-refractivity contribution in [2.24, 2.45) is 5.73 Å². The van der Waals surface area contributed by atoms with Gasteiger partial charge in [-0.2, -0.15) is 0 Å². The number of halogens is 1. The Balaban J connectivity index is 1.64. The third-order valence-electron chi connectivity index (χ3n) is 5.43. The second-order valence-electron chi connectivity index (χ2n) is 8.64. The number of anilines is 1. The van der Waals surface area contributed by atoms with Crippen molar-refractivity contribution in [3.63, 3.8) is 0 Å². The number of rotatable bonds is 8. The lowest BCUT2D eigenvalue weighted by Gasteiger charge is -2.29. The third-order valence-corrected chi connectivity index (χ3v) is 5.64. The highest BCUT2D eigenvalue weighted by Gasteiger charge is 2.29. The summed E-state index contributed by atoms with van der Waals surface area (Å²) in [6, 6.07) is 11.1. The van der Waals surface area contributed by atoms with E-state index in [1.165, 1.54) is 0 Å². The Kier molecular flexibility index (Phi) is 7.14. The maximum Gasteiger partial charge on any atom is 0.240 e. The van der Waals surface area contributed by atoms with Gasteiger partial charge < -0.3 is 25.4 Å². The molecule has 0 unspecified atom stereocenters. The van der Waals surface area contributed by atoms with Gasteiger partial charge in [-0.05, 0) is 25.5 Å². The summed E-state index contributed by atoms with van der Waals surface area (Å²) in [7, 11) is 0. The smallest absolute Gasteiger partial charge is 0.240 e. The summed E-state index contributed by atoms with van der Waals surface area (Å²) in [6.07, 6.45) is 1.75. The van der Waals surface area contributed by atoms with Gasteiger partial charge in [-0.3, -0.25) is 9.20 Å². The first kappa shape index (κ1) is 23.4. The number of nitrogens with one attached hydrogen (secondary N) is 1. The number of amides is 1. The Labute approximate surface area is 197 Å². The number of fused-ring (bicyclic) bond motifs is 1. The van der Waals surface area contributed by atoms with Crippen LogP contribution < -0.4 is 16.0 Å². The highest BCUT2D eigenvalue weighted by Crippen LogP contribution is 2.28. The lowest BCUT2D eigenvalue weighted by Crippen LogP contribution is -2.50. The Hall–Kier alpha value is -2.72. The van der Waals surface area contributed by atoms with Gasteiger partial charge in [0, 0.05) is 19.3 Å². The summed E-state index contributed by atoms with van der Waals surface area (Å²) in [5.41, 5.74) is 7.53. The minimum atomic E-state index is -1.06. The predicted molar refractivity (Wildman–Crippen MR) is 126 cm³/mol. The second kappa shape index (κ2) is 10.0. The van der Waals surface area contributed by atoms with Crippen molar-refractivity contribution in [2.75, 3.05) is 37.8 Å². The van der Waals surface area contributed by atoms with Crippen LogP contribution >= 0.6 is 11.6 Å². The largest absolute Gasteiger partial charge is 0.378 e. The van der Waals surface area contributed by atoms with Gasteiger partial charge in [0.05, 0.1) is 42.7 Å². The molecule has 33 heavy (non-hydrogen) atoms. The summed E-state index contributed by atoms with van der Waals surface area (Å²) in [5, 5.41) is 12.3. The van der Waals surface area contributed by atoms with Crippen molar-refractivity contribution in [3.05, 3.63) is 59.0 Å². The predicted octanol–water partition coefficient (Wildman–Crippen LogP) is 2.33. The molecule has 1 aliphatic heterocycles. The maximum absolute atomic E-state index is 12.7. The fourth-order valence-electron chi connectivity index (χ4n) is 3.63. The quantitative estimate of drug-likeness (QED) is 0.518. The number of hydrogen-bond donors (Lipinski definition) is 2. The minimum absolute atomic E-state index is 0.191. The molecule has 4 rings (SSSR count). The summed E-state index contributed by atoms with van der Waals surface area (Å²) >= 11 is 6.47. The third kappa shape index (κ3) is 5.62. The Morgan fingerprint density at radius 3 is 2.70 bits per heavy atom. The highest BCUT2D eigenvalue weighted by molar-refractivity contribution is 6.30. The summed E-state index contributed by atoms with van der Waals surface area (Å²) in [5.74, 6) is 0.204. The van der Waals surface area contributed by atoms with Crippen molar-refractivity contribution in [1.29, 1.82) is 0 Å². The van der Waals surface area contributed by atoms with Gasteiger partial charge in [0.1, 0.15) is 6.04 Å². The minimum Gasteiger partial charge on any atom is -0.378 e. The molecule has 3 N–H and O–H groups in total. The van der Waals surface area contributed by atoms with E-state index in [4.69, 9.17) is 26.8 Å². The van der Waals surface area contributed by atoms with Crippen LogP contribution in [0.4, 0.5) is 5.69 Å². The molecule has 1 amide bonds. The number of ether oxygens (including phenoxy) is 2. The zero-order chi connectivity index (χ0) is 23.4. The second-order valence-corrected chi connectivity index (χ2v) is 9.08. The van der Waals surface area contributed by atoms with Crippen molar-refractivity contribution >= 4 is 28.8 Å². The van der Waals surface area contributed by atoms with E-state index < -0.39 is 11.6 Å². The molecule has 0 radical (unpaired) electrons. The van der Waals surface area contributed by atoms with Gasteiger partial charge in [0.2, 0.25) is 5.91 Å². The van der Waals surface area contributed by atoms with E-state index in [1.807, 2.05) is 40.8 Å². The van der Waals surface area contributed by atoms with Gasteiger partial charge >= 0.3 is 0 Å². The number of nitrogens with two attached hydrogens (primary N) is 1. The Bertz CT molecular complexity index is 1090. The fraction of sp³-hybridized carbons (Fsp3) is 0.435. The maximum atomic E-state index is 12.7. The van der Waals surface area contributed by atoms with E-state index in [1.54, 1.807) is 20.0 Å². The first-order chi connectivity index (χ1) is 15.8. The molecule has 0 saturated carbocycles. The number of hydrogen-bond acceptors (Lipinski definition) is 7. The number of morpholine rings is 1. The van der Waals surface area contributed by atoms with E-state index >= 15 is 0 Å².